The van der Waals surface area contributed by atoms with E-state index in [0.717, 1.165) is 54.6 Å². The maximum absolute atomic E-state index is 12.8. The van der Waals surface area contributed by atoms with Gasteiger partial charge in [-0.25, -0.2) is 4.98 Å². The lowest BCUT2D eigenvalue weighted by Crippen LogP contribution is -2.24. The molecule has 3 aromatic rings. The molecule has 5 rings (SSSR count). The second kappa shape index (κ2) is 8.96. The molecule has 1 aromatic carbocycles. The highest BCUT2D eigenvalue weighted by Gasteiger charge is 2.57. The van der Waals surface area contributed by atoms with E-state index >= 15 is 0 Å². The lowest BCUT2D eigenvalue weighted by atomic mass is 9.97. The molecule has 2 atom stereocenters. The summed E-state index contributed by atoms with van der Waals surface area (Å²) in [6.45, 7) is 4.84. The molecule has 6 nitrogen and oxygen atoms in total. The van der Waals surface area contributed by atoms with E-state index in [0.29, 0.717) is 17.5 Å². The summed E-state index contributed by atoms with van der Waals surface area (Å²) >= 11 is 1.66. The minimum Gasteiger partial charge on any atom is -0.440 e. The van der Waals surface area contributed by atoms with Gasteiger partial charge in [0, 0.05) is 25.9 Å². The molecule has 1 saturated carbocycles. The normalized spacial score (nSPS) is 22.6. The number of alkyl halides is 3. The fourth-order valence-corrected chi connectivity index (χ4v) is 5.68. The van der Waals surface area contributed by atoms with Crippen LogP contribution in [0.4, 0.5) is 13.2 Å². The third-order valence-electron chi connectivity index (χ3n) is 6.72. The number of benzene rings is 1. The smallest absolute Gasteiger partial charge is 0.416 e. The van der Waals surface area contributed by atoms with E-state index in [9.17, 15) is 13.2 Å². The van der Waals surface area contributed by atoms with Gasteiger partial charge >= 0.3 is 6.18 Å². The second-order valence-electron chi connectivity index (χ2n) is 8.75. The molecular weight excluding hydrogens is 475 g/mol. The van der Waals surface area contributed by atoms with E-state index in [-0.39, 0.29) is 17.8 Å². The van der Waals surface area contributed by atoms with Crippen LogP contribution in [-0.2, 0) is 13.2 Å². The summed E-state index contributed by atoms with van der Waals surface area (Å²) in [5.74, 6) is 2.56. The summed E-state index contributed by atoms with van der Waals surface area (Å²) in [5, 5.41) is 9.36. The van der Waals surface area contributed by atoms with Crippen LogP contribution in [0.2, 0.25) is 0 Å². The second-order valence-corrected chi connectivity index (χ2v) is 9.81. The highest BCUT2D eigenvalue weighted by atomic mass is 35.5. The maximum atomic E-state index is 12.8. The van der Waals surface area contributed by atoms with Gasteiger partial charge in [0.2, 0.25) is 5.82 Å². The van der Waals surface area contributed by atoms with Crippen LogP contribution in [0, 0.1) is 12.3 Å². The number of thioether (sulfide) groups is 1. The first-order valence-electron chi connectivity index (χ1n) is 10.6. The van der Waals surface area contributed by atoms with E-state index in [1.54, 1.807) is 23.9 Å². The summed E-state index contributed by atoms with van der Waals surface area (Å²) in [6, 6.07) is 5.73. The zero-order valence-corrected chi connectivity index (χ0v) is 19.9. The van der Waals surface area contributed by atoms with E-state index in [1.165, 1.54) is 18.5 Å². The summed E-state index contributed by atoms with van der Waals surface area (Å²) < 4.78 is 45.8. The molecule has 1 aliphatic heterocycles. The Bertz CT molecular complexity index is 1120. The molecule has 1 aliphatic carbocycles. The quantitative estimate of drug-likeness (QED) is 0.435. The van der Waals surface area contributed by atoms with Gasteiger partial charge < -0.3 is 13.9 Å². The van der Waals surface area contributed by atoms with Crippen LogP contribution in [0.5, 0.6) is 0 Å². The van der Waals surface area contributed by atoms with Crippen molar-refractivity contribution in [3.05, 3.63) is 47.5 Å². The molecule has 0 unspecified atom stereocenters. The fourth-order valence-electron chi connectivity index (χ4n) is 4.77. The van der Waals surface area contributed by atoms with Gasteiger partial charge in [0.15, 0.2) is 17.3 Å². The largest absolute Gasteiger partial charge is 0.440 e. The van der Waals surface area contributed by atoms with Crippen LogP contribution >= 0.6 is 24.2 Å². The van der Waals surface area contributed by atoms with Crippen LogP contribution < -0.4 is 0 Å². The minimum atomic E-state index is -4.28. The Hall–Kier alpha value is -2.04. The molecule has 1 saturated heterocycles. The molecule has 0 amide bonds. The lowest BCUT2D eigenvalue weighted by molar-refractivity contribution is -0.137. The average molecular weight is 500 g/mol. The number of hydrogen-bond donors (Lipinski definition) is 0. The standard InChI is InChI=1S/C22H24F3N5OS.ClH/c1-14-18(31-13-26-14)19-27-28-20(29(19)2)32-10-9-30-8-7-21(12-30)11-17(21)15-3-5-16(6-4-15)22(23,24)25;/h3-6,13,17H,7-12H2,1-2H3;1H/t17-,21-;/m1./s1. The van der Waals surface area contributed by atoms with Crippen LogP contribution in [0.25, 0.3) is 11.6 Å². The zero-order chi connectivity index (χ0) is 22.5. The molecule has 0 bridgehead atoms. The number of rotatable bonds is 6. The van der Waals surface area contributed by atoms with Gasteiger partial charge in [-0.1, -0.05) is 23.9 Å². The maximum Gasteiger partial charge on any atom is 0.416 e. The Kier molecular flexibility index (Phi) is 6.54. The first-order valence-corrected chi connectivity index (χ1v) is 11.6. The molecule has 1 spiro atoms. The van der Waals surface area contributed by atoms with Crippen LogP contribution in [-0.4, -0.2) is 50.0 Å². The number of aryl methyl sites for hydroxylation is 1. The van der Waals surface area contributed by atoms with Gasteiger partial charge in [-0.3, -0.25) is 0 Å². The monoisotopic (exact) mass is 499 g/mol. The Morgan fingerprint density at radius 3 is 2.64 bits per heavy atom. The topological polar surface area (TPSA) is 60.0 Å². The van der Waals surface area contributed by atoms with E-state index < -0.39 is 11.7 Å². The molecule has 2 aliphatic rings. The molecule has 0 N–H and O–H groups in total. The highest BCUT2D eigenvalue weighted by Crippen LogP contribution is 2.64. The third kappa shape index (κ3) is 4.65. The lowest BCUT2D eigenvalue weighted by Gasteiger charge is -2.16. The number of aromatic nitrogens is 4. The van der Waals surface area contributed by atoms with E-state index in [1.807, 2.05) is 18.5 Å². The van der Waals surface area contributed by atoms with Crippen molar-refractivity contribution in [1.29, 1.82) is 0 Å². The Morgan fingerprint density at radius 1 is 1.21 bits per heavy atom. The van der Waals surface area contributed by atoms with Crippen molar-refractivity contribution in [3.8, 4) is 11.6 Å². The number of likely N-dealkylation sites (tertiary alicyclic amines) is 1. The molecular formula is C22H25ClF3N5OS. The minimum absolute atomic E-state index is 0. The summed E-state index contributed by atoms with van der Waals surface area (Å²) in [6.07, 6.45) is -0.711. The molecule has 2 aromatic heterocycles. The van der Waals surface area contributed by atoms with Crippen molar-refractivity contribution in [2.75, 3.05) is 25.4 Å². The number of oxazole rings is 1. The third-order valence-corrected chi connectivity index (χ3v) is 7.72. The van der Waals surface area contributed by atoms with Crippen molar-refractivity contribution >= 4 is 24.2 Å². The van der Waals surface area contributed by atoms with E-state index in [2.05, 4.69) is 20.1 Å². The van der Waals surface area contributed by atoms with Crippen LogP contribution in [0.1, 0.15) is 35.6 Å². The SMILES string of the molecule is Cc1ncoc1-c1nnc(SCCN2CC[C@@]3(C[C@@H]3c3ccc(C(F)(F)F)cc3)C2)n1C.Cl. The Morgan fingerprint density at radius 2 is 1.97 bits per heavy atom. The highest BCUT2D eigenvalue weighted by molar-refractivity contribution is 7.99. The van der Waals surface area contributed by atoms with Crippen LogP contribution in [0.15, 0.2) is 40.2 Å². The van der Waals surface area contributed by atoms with Crippen molar-refractivity contribution in [3.63, 3.8) is 0 Å². The predicted octanol–water partition coefficient (Wildman–Crippen LogP) is 5.19. The fraction of sp³-hybridized carbons (Fsp3) is 0.500. The van der Waals surface area contributed by atoms with Gasteiger partial charge in [0.25, 0.3) is 0 Å². The Balaban J connectivity index is 0.00000259. The number of nitrogens with zero attached hydrogens (tertiary/aromatic N) is 5. The molecule has 2 fully saturated rings. The molecule has 3 heterocycles. The van der Waals surface area contributed by atoms with Gasteiger partial charge in [-0.2, -0.15) is 13.2 Å². The average Bonchev–Trinajstić information content (AvgIpc) is 3.02. The summed E-state index contributed by atoms with van der Waals surface area (Å²) in [4.78, 5) is 6.56. The molecule has 33 heavy (non-hydrogen) atoms. The van der Waals surface area contributed by atoms with Crippen molar-refractivity contribution in [2.45, 2.75) is 37.0 Å². The first-order chi connectivity index (χ1) is 15.3. The number of hydrogen-bond acceptors (Lipinski definition) is 6. The zero-order valence-electron chi connectivity index (χ0n) is 18.3. The van der Waals surface area contributed by atoms with Crippen LogP contribution in [0.3, 0.4) is 0 Å². The van der Waals surface area contributed by atoms with Gasteiger partial charge in [0.1, 0.15) is 0 Å². The van der Waals surface area contributed by atoms with Gasteiger partial charge in [0.05, 0.1) is 11.3 Å². The van der Waals surface area contributed by atoms with Crippen molar-refractivity contribution in [1.82, 2.24) is 24.6 Å². The molecule has 178 valence electrons. The van der Waals surface area contributed by atoms with E-state index in [4.69, 9.17) is 4.42 Å². The number of halogens is 4. The molecule has 11 heteroatoms. The van der Waals surface area contributed by atoms with Crippen molar-refractivity contribution < 1.29 is 17.6 Å². The first kappa shape index (κ1) is 24.1. The molecule has 0 radical (unpaired) electrons. The Labute approximate surface area is 200 Å². The van der Waals surface area contributed by atoms with Gasteiger partial charge in [-0.05, 0) is 55.3 Å². The summed E-state index contributed by atoms with van der Waals surface area (Å²) in [5.41, 5.74) is 1.47. The predicted molar refractivity (Wildman–Crippen MR) is 122 cm³/mol. The van der Waals surface area contributed by atoms with Crippen molar-refractivity contribution in [2.24, 2.45) is 12.5 Å². The van der Waals surface area contributed by atoms with Gasteiger partial charge in [-0.15, -0.1) is 22.6 Å². The summed E-state index contributed by atoms with van der Waals surface area (Å²) in [7, 11) is 1.92.